The Morgan fingerprint density at radius 3 is 2.18 bits per heavy atom. The van der Waals surface area contributed by atoms with Crippen molar-refractivity contribution in [2.75, 3.05) is 0 Å². The van der Waals surface area contributed by atoms with Crippen LogP contribution in [0.3, 0.4) is 0 Å². The average molecular weight is 662 g/mol. The zero-order valence-electron chi connectivity index (χ0n) is 27.8. The Hall–Kier alpha value is -5.10. The molecule has 250 valence electrons. The number of allylic oxidation sites excluding steroid dienone is 4. The second-order valence-electron chi connectivity index (χ2n) is 14.9. The first-order valence-electron chi connectivity index (χ1n) is 18.1. The van der Waals surface area contributed by atoms with Gasteiger partial charge in [0.15, 0.2) is 11.6 Å². The maximum Gasteiger partial charge on any atom is 0.233 e. The Kier molecular flexibility index (Phi) is 7.27. The SMILES string of the molecule is O=C1C(c2ccccc2)=CC(=O)[C@@]2(c3ccccc3)[C@@H](c3ccc4ccccc4c3O)C3=CC[C@@H]4C(=O)N(C5CCCCC5)C(=O)[C@@H]4[C@@H]3C[C@@H]12. The summed E-state index contributed by atoms with van der Waals surface area (Å²) in [5, 5.41) is 13.7. The van der Waals surface area contributed by atoms with Crippen LogP contribution in [0, 0.1) is 23.7 Å². The maximum atomic E-state index is 15.2. The average Bonchev–Trinajstić information content (AvgIpc) is 3.42. The summed E-state index contributed by atoms with van der Waals surface area (Å²) in [6.45, 7) is 0. The highest BCUT2D eigenvalue weighted by Crippen LogP contribution is 2.64. The minimum atomic E-state index is -1.37. The molecular formula is C44H39NO5. The first-order chi connectivity index (χ1) is 24.4. The van der Waals surface area contributed by atoms with Crippen LogP contribution in [0.4, 0.5) is 0 Å². The fourth-order valence-corrected chi connectivity index (χ4v) is 10.4. The summed E-state index contributed by atoms with van der Waals surface area (Å²) in [7, 11) is 0. The number of aromatic hydroxyl groups is 1. The number of rotatable bonds is 4. The number of carbonyl (C=O) groups excluding carboxylic acids is 4. The van der Waals surface area contributed by atoms with E-state index in [1.54, 1.807) is 4.90 Å². The van der Waals surface area contributed by atoms with Gasteiger partial charge in [0.05, 0.1) is 17.3 Å². The van der Waals surface area contributed by atoms with Gasteiger partial charge in [-0.1, -0.05) is 128 Å². The van der Waals surface area contributed by atoms with Crippen molar-refractivity contribution in [3.63, 3.8) is 0 Å². The molecule has 0 spiro atoms. The lowest BCUT2D eigenvalue weighted by atomic mass is 9.44. The number of phenols is 1. The summed E-state index contributed by atoms with van der Waals surface area (Å²) < 4.78 is 0. The molecule has 0 bridgehead atoms. The molecular weight excluding hydrogens is 622 g/mol. The Morgan fingerprint density at radius 1 is 0.720 bits per heavy atom. The highest BCUT2D eigenvalue weighted by atomic mass is 16.3. The molecule has 9 rings (SSSR count). The van der Waals surface area contributed by atoms with Crippen LogP contribution in [0.15, 0.2) is 115 Å². The molecule has 4 aromatic carbocycles. The van der Waals surface area contributed by atoms with Crippen LogP contribution in [-0.4, -0.2) is 39.4 Å². The Balaban J connectivity index is 1.29. The lowest BCUT2D eigenvalue weighted by Gasteiger charge is -2.55. The van der Waals surface area contributed by atoms with Gasteiger partial charge >= 0.3 is 0 Å². The highest BCUT2D eigenvalue weighted by molar-refractivity contribution is 6.31. The van der Waals surface area contributed by atoms with E-state index in [2.05, 4.69) is 6.08 Å². The van der Waals surface area contributed by atoms with Crippen LogP contribution >= 0.6 is 0 Å². The molecule has 1 heterocycles. The summed E-state index contributed by atoms with van der Waals surface area (Å²) in [5.74, 6) is -3.62. The number of carbonyl (C=O) groups is 4. The molecule has 3 fully saturated rings. The van der Waals surface area contributed by atoms with Crippen LogP contribution in [-0.2, 0) is 24.6 Å². The second-order valence-corrected chi connectivity index (χ2v) is 14.9. The van der Waals surface area contributed by atoms with E-state index in [4.69, 9.17) is 0 Å². The van der Waals surface area contributed by atoms with E-state index in [1.165, 1.54) is 6.08 Å². The number of benzene rings is 4. The molecule has 50 heavy (non-hydrogen) atoms. The molecule has 1 saturated heterocycles. The largest absolute Gasteiger partial charge is 0.507 e. The van der Waals surface area contributed by atoms with Crippen LogP contribution in [0.25, 0.3) is 16.3 Å². The number of Topliss-reactive ketones (excluding diaryl/α,β-unsaturated/α-hetero) is 1. The van der Waals surface area contributed by atoms with Crippen molar-refractivity contribution in [2.24, 2.45) is 23.7 Å². The van der Waals surface area contributed by atoms with Gasteiger partial charge in [-0.2, -0.15) is 0 Å². The van der Waals surface area contributed by atoms with E-state index >= 15 is 9.59 Å². The Labute approximate surface area is 291 Å². The van der Waals surface area contributed by atoms with Gasteiger partial charge in [-0.05, 0) is 54.2 Å². The zero-order valence-corrected chi connectivity index (χ0v) is 27.8. The molecule has 1 N–H and O–H groups in total. The van der Waals surface area contributed by atoms with E-state index in [9.17, 15) is 14.7 Å². The molecule has 2 saturated carbocycles. The standard InChI is InChI=1S/C44H39NO5/c46-37-25-34(26-12-4-1-5-13-26)41(48)36-24-35-31(22-23-32-38(35)43(50)45(42(32)49)29-17-8-3-9-18-29)39(44(36,37)28-15-6-2-7-16-28)33-21-20-27-14-10-11-19-30(27)40(33)47/h1-2,4-7,10-16,19-22,25,29,32,35-36,38-39,47H,3,8-9,17-18,23-24H2/t32-,35+,36-,38-,39+,44-/m0/s1. The second kappa shape index (κ2) is 11.8. The van der Waals surface area contributed by atoms with Crippen molar-refractivity contribution in [1.29, 1.82) is 0 Å². The summed E-state index contributed by atoms with van der Waals surface area (Å²) in [6, 6.07) is 30.2. The molecule has 4 aliphatic carbocycles. The van der Waals surface area contributed by atoms with E-state index < -0.39 is 35.0 Å². The monoisotopic (exact) mass is 661 g/mol. The highest BCUT2D eigenvalue weighted by Gasteiger charge is 2.66. The number of fused-ring (bicyclic) bond motifs is 5. The third kappa shape index (κ3) is 4.33. The van der Waals surface area contributed by atoms with Crippen LogP contribution in [0.5, 0.6) is 5.75 Å². The van der Waals surface area contributed by atoms with Gasteiger partial charge in [-0.25, -0.2) is 0 Å². The first-order valence-corrected chi connectivity index (χ1v) is 18.1. The zero-order chi connectivity index (χ0) is 34.1. The van der Waals surface area contributed by atoms with Gasteiger partial charge < -0.3 is 5.11 Å². The number of hydrogen-bond donors (Lipinski definition) is 1. The predicted octanol–water partition coefficient (Wildman–Crippen LogP) is 7.70. The molecule has 0 radical (unpaired) electrons. The Morgan fingerprint density at radius 2 is 1.42 bits per heavy atom. The molecule has 4 aromatic rings. The van der Waals surface area contributed by atoms with Gasteiger partial charge in [-0.3, -0.25) is 24.1 Å². The van der Waals surface area contributed by atoms with Gasteiger partial charge in [0.25, 0.3) is 0 Å². The van der Waals surface area contributed by atoms with E-state index in [1.807, 2.05) is 97.1 Å². The van der Waals surface area contributed by atoms with Gasteiger partial charge in [0, 0.05) is 34.4 Å². The quantitative estimate of drug-likeness (QED) is 0.179. The van der Waals surface area contributed by atoms with E-state index in [-0.39, 0.29) is 41.6 Å². The van der Waals surface area contributed by atoms with E-state index in [0.29, 0.717) is 34.1 Å². The molecule has 1 aliphatic heterocycles. The summed E-state index contributed by atoms with van der Waals surface area (Å²) in [5.41, 5.74) is 1.82. The van der Waals surface area contributed by atoms with Crippen LogP contribution in [0.2, 0.25) is 0 Å². The fourth-order valence-electron chi connectivity index (χ4n) is 10.4. The number of amides is 2. The lowest BCUT2D eigenvalue weighted by molar-refractivity contribution is -0.144. The molecule has 6 atom stereocenters. The normalized spacial score (nSPS) is 29.7. The molecule has 2 amide bonds. The minimum Gasteiger partial charge on any atom is -0.507 e. The topological polar surface area (TPSA) is 91.8 Å². The van der Waals surface area contributed by atoms with Gasteiger partial charge in [-0.15, -0.1) is 0 Å². The van der Waals surface area contributed by atoms with Crippen molar-refractivity contribution < 1.29 is 24.3 Å². The number of nitrogens with zero attached hydrogens (tertiary/aromatic N) is 1. The smallest absolute Gasteiger partial charge is 0.233 e. The van der Waals surface area contributed by atoms with E-state index in [0.717, 1.165) is 43.1 Å². The third-order valence-corrected chi connectivity index (χ3v) is 12.6. The van der Waals surface area contributed by atoms with Crippen molar-refractivity contribution in [1.82, 2.24) is 4.90 Å². The number of hydrogen-bond acceptors (Lipinski definition) is 5. The molecule has 0 unspecified atom stereocenters. The van der Waals surface area contributed by atoms with Crippen molar-refractivity contribution in [3.05, 3.63) is 131 Å². The first kappa shape index (κ1) is 30.9. The van der Waals surface area contributed by atoms with Crippen molar-refractivity contribution in [3.8, 4) is 5.75 Å². The minimum absolute atomic E-state index is 0.0709. The summed E-state index contributed by atoms with van der Waals surface area (Å²) >= 11 is 0. The number of likely N-dealkylation sites (tertiary alicyclic amines) is 1. The number of ketones is 2. The molecule has 6 heteroatoms. The fraction of sp³-hybridized carbons (Fsp3) is 0.318. The summed E-state index contributed by atoms with van der Waals surface area (Å²) in [4.78, 5) is 60.6. The van der Waals surface area contributed by atoms with Gasteiger partial charge in [0.1, 0.15) is 5.75 Å². The van der Waals surface area contributed by atoms with Crippen LogP contribution < -0.4 is 0 Å². The predicted molar refractivity (Wildman–Crippen MR) is 191 cm³/mol. The molecule has 0 aromatic heterocycles. The third-order valence-electron chi connectivity index (χ3n) is 12.6. The molecule has 6 nitrogen and oxygen atoms in total. The Bertz CT molecular complexity index is 2130. The lowest BCUT2D eigenvalue weighted by Crippen LogP contribution is -2.58. The maximum absolute atomic E-state index is 15.2. The van der Waals surface area contributed by atoms with Crippen molar-refractivity contribution >= 4 is 39.7 Å². The number of imide groups is 1. The van der Waals surface area contributed by atoms with Gasteiger partial charge in [0.2, 0.25) is 11.8 Å². The summed E-state index contributed by atoms with van der Waals surface area (Å²) in [6.07, 6.45) is 9.02. The number of phenolic OH excluding ortho intramolecular Hbond substituents is 1. The van der Waals surface area contributed by atoms with Crippen LogP contribution in [0.1, 0.15) is 67.6 Å². The molecule has 5 aliphatic rings. The van der Waals surface area contributed by atoms with Crippen molar-refractivity contribution in [2.45, 2.75) is 62.3 Å².